The Hall–Kier alpha value is -2.26. The van der Waals surface area contributed by atoms with Crippen molar-refractivity contribution in [3.05, 3.63) is 23.3 Å². The molecular weight excluding hydrogens is 466 g/mol. The Labute approximate surface area is 220 Å². The molecule has 37 heavy (non-hydrogen) atoms. The molecule has 0 aromatic heterocycles. The number of carbonyl (C=O) groups excluding carboxylic acids is 3. The van der Waals surface area contributed by atoms with Gasteiger partial charge in [-0.2, -0.15) is 5.26 Å². The van der Waals surface area contributed by atoms with Crippen molar-refractivity contribution in [1.82, 2.24) is 0 Å². The lowest BCUT2D eigenvalue weighted by molar-refractivity contribution is -0.178. The van der Waals surface area contributed by atoms with Crippen LogP contribution in [-0.2, 0) is 19.1 Å². The number of carbonyl (C=O) groups is 3. The van der Waals surface area contributed by atoms with Crippen LogP contribution in [0.2, 0.25) is 0 Å². The number of hydrogen-bond donors (Lipinski definition) is 1. The van der Waals surface area contributed by atoms with E-state index in [9.17, 15) is 24.8 Å². The highest BCUT2D eigenvalue weighted by Crippen LogP contribution is 2.70. The number of ether oxygens (including phenoxy) is 1. The number of aliphatic hydroxyl groups excluding tert-OH is 1. The highest BCUT2D eigenvalue weighted by Gasteiger charge is 2.67. The molecule has 6 nitrogen and oxygen atoms in total. The van der Waals surface area contributed by atoms with Gasteiger partial charge < -0.3 is 9.84 Å². The molecule has 1 N–H and O–H groups in total. The smallest absolute Gasteiger partial charge is 0.312 e. The summed E-state index contributed by atoms with van der Waals surface area (Å²) in [5.41, 5.74) is -1.49. The molecule has 0 bridgehead atoms. The average molecular weight is 508 g/mol. The van der Waals surface area contributed by atoms with Crippen LogP contribution in [0.15, 0.2) is 23.3 Å². The minimum atomic E-state index is -1.06. The second kappa shape index (κ2) is 8.12. The minimum Gasteiger partial charge on any atom is -0.469 e. The monoisotopic (exact) mass is 507 g/mol. The first kappa shape index (κ1) is 26.4. The lowest BCUT2D eigenvalue weighted by atomic mass is 9.38. The van der Waals surface area contributed by atoms with Gasteiger partial charge in [0, 0.05) is 11.3 Å². The van der Waals surface area contributed by atoms with Crippen LogP contribution in [0.3, 0.4) is 0 Å². The number of esters is 1. The number of Topliss-reactive ketones (excluding diaryl/α,β-unsaturated/α-hetero) is 1. The number of hydrogen-bond acceptors (Lipinski definition) is 6. The number of nitrogens with zero attached hydrogens (tertiary/aromatic N) is 1. The van der Waals surface area contributed by atoms with Gasteiger partial charge in [-0.1, -0.05) is 39.3 Å². The first-order valence-electron chi connectivity index (χ1n) is 13.9. The van der Waals surface area contributed by atoms with E-state index in [1.54, 1.807) is 13.0 Å². The fraction of sp³-hybridized carbons (Fsp3) is 0.742. The summed E-state index contributed by atoms with van der Waals surface area (Å²) in [7, 11) is 1.46. The van der Waals surface area contributed by atoms with Gasteiger partial charge in [0.15, 0.2) is 11.6 Å². The summed E-state index contributed by atoms with van der Waals surface area (Å²) in [5.74, 6) is -0.790. The first-order chi connectivity index (χ1) is 17.2. The Morgan fingerprint density at radius 2 is 1.78 bits per heavy atom. The van der Waals surface area contributed by atoms with Crippen LogP contribution in [-0.4, -0.2) is 36.4 Å². The molecule has 4 unspecified atom stereocenters. The van der Waals surface area contributed by atoms with Gasteiger partial charge in [-0.25, -0.2) is 0 Å². The normalized spacial score (nSPS) is 46.2. The van der Waals surface area contributed by atoms with Crippen LogP contribution in [0, 0.1) is 62.1 Å². The zero-order valence-corrected chi connectivity index (χ0v) is 23.1. The summed E-state index contributed by atoms with van der Waals surface area (Å²) >= 11 is 0. The van der Waals surface area contributed by atoms with E-state index in [4.69, 9.17) is 4.74 Å². The molecule has 6 heteroatoms. The number of aliphatic hydroxyl groups is 1. The molecule has 0 spiro atoms. The van der Waals surface area contributed by atoms with Gasteiger partial charge in [-0.3, -0.25) is 14.4 Å². The van der Waals surface area contributed by atoms with Gasteiger partial charge in [0.1, 0.15) is 6.07 Å². The van der Waals surface area contributed by atoms with Crippen molar-refractivity contribution < 1.29 is 24.2 Å². The number of allylic oxidation sites excluding steroid dienone is 4. The van der Waals surface area contributed by atoms with Gasteiger partial charge >= 0.3 is 5.97 Å². The standard InChI is InChI=1S/C31H41NO5/c1-27(2)11-12-31(26(36)37-6)10-7-19-24(20(31)15-27)21(34)13-23-28(19,3)9-8-22-29(23,4)14-18(16-32)25(35)30(22,5)17-33/h13-14,19-20,22,24,33H,7-12,15,17H2,1-6H3/t19?,20?,22?,24?,28-,29-,30-,31+/m0/s1. The Bertz CT molecular complexity index is 1170. The fourth-order valence-electron chi connectivity index (χ4n) is 9.84. The van der Waals surface area contributed by atoms with Gasteiger partial charge in [0.2, 0.25) is 0 Å². The van der Waals surface area contributed by atoms with Crippen LogP contribution >= 0.6 is 0 Å². The largest absolute Gasteiger partial charge is 0.469 e. The Balaban J connectivity index is 1.66. The van der Waals surface area contributed by atoms with E-state index in [1.165, 1.54) is 7.11 Å². The van der Waals surface area contributed by atoms with Crippen LogP contribution in [0.5, 0.6) is 0 Å². The quantitative estimate of drug-likeness (QED) is 0.530. The number of rotatable bonds is 2. The molecule has 8 atom stereocenters. The maximum atomic E-state index is 14.2. The molecule has 0 aliphatic heterocycles. The van der Waals surface area contributed by atoms with Gasteiger partial charge in [-0.15, -0.1) is 0 Å². The molecule has 200 valence electrons. The topological polar surface area (TPSA) is 104 Å². The molecule has 5 aliphatic carbocycles. The minimum absolute atomic E-state index is 0.0516. The molecule has 0 aromatic rings. The SMILES string of the molecule is COC(=O)[C@@]12CCC3C(C(=O)C=C4[C@@]5(C)C=C(C#N)C(=O)[C@@](C)(CO)C5CC[C@]43C)C1CC(C)(C)CC2. The molecule has 3 saturated carbocycles. The van der Waals surface area contributed by atoms with E-state index < -0.39 is 16.2 Å². The van der Waals surface area contributed by atoms with Crippen molar-refractivity contribution >= 4 is 17.5 Å². The summed E-state index contributed by atoms with van der Waals surface area (Å²) in [6.45, 7) is 10.2. The molecule has 0 amide bonds. The number of ketones is 2. The van der Waals surface area contributed by atoms with Crippen molar-refractivity contribution in [3.63, 3.8) is 0 Å². The van der Waals surface area contributed by atoms with E-state index in [0.29, 0.717) is 0 Å². The molecule has 5 rings (SSSR count). The molecule has 0 radical (unpaired) electrons. The Morgan fingerprint density at radius 1 is 1.08 bits per heavy atom. The zero-order valence-electron chi connectivity index (χ0n) is 23.1. The average Bonchev–Trinajstić information content (AvgIpc) is 2.86. The molecule has 0 saturated heterocycles. The lowest BCUT2D eigenvalue weighted by Gasteiger charge is -2.64. The third-order valence-corrected chi connectivity index (χ3v) is 11.8. The second-order valence-electron chi connectivity index (χ2n) is 14.1. The summed E-state index contributed by atoms with van der Waals surface area (Å²) in [4.78, 5) is 40.7. The number of methoxy groups -OCH3 is 1. The highest BCUT2D eigenvalue weighted by atomic mass is 16.5. The highest BCUT2D eigenvalue weighted by molar-refractivity contribution is 6.05. The Morgan fingerprint density at radius 3 is 2.41 bits per heavy atom. The predicted octanol–water partition coefficient (Wildman–Crippen LogP) is 4.96. The van der Waals surface area contributed by atoms with Crippen molar-refractivity contribution in [2.45, 2.75) is 79.6 Å². The Kier molecular flexibility index (Phi) is 5.78. The molecule has 0 heterocycles. The summed E-state index contributed by atoms with van der Waals surface area (Å²) in [6.07, 6.45) is 9.19. The van der Waals surface area contributed by atoms with Crippen molar-refractivity contribution in [3.8, 4) is 6.07 Å². The van der Waals surface area contributed by atoms with E-state index in [1.807, 2.05) is 6.08 Å². The van der Waals surface area contributed by atoms with Gasteiger partial charge in [-0.05, 0) is 86.5 Å². The zero-order chi connectivity index (χ0) is 27.2. The predicted molar refractivity (Wildman–Crippen MR) is 138 cm³/mol. The number of nitriles is 1. The molecule has 0 aromatic carbocycles. The van der Waals surface area contributed by atoms with E-state index >= 15 is 0 Å². The van der Waals surface area contributed by atoms with Crippen molar-refractivity contribution in [2.24, 2.45) is 50.7 Å². The maximum Gasteiger partial charge on any atom is 0.312 e. The first-order valence-corrected chi connectivity index (χ1v) is 13.9. The van der Waals surface area contributed by atoms with Crippen molar-refractivity contribution in [2.75, 3.05) is 13.7 Å². The molecular formula is C31H41NO5. The second-order valence-corrected chi connectivity index (χ2v) is 14.1. The molecule has 5 aliphatic rings. The number of fused-ring (bicyclic) bond motifs is 7. The van der Waals surface area contributed by atoms with Crippen LogP contribution in [0.1, 0.15) is 79.6 Å². The fourth-order valence-corrected chi connectivity index (χ4v) is 9.84. The summed E-state index contributed by atoms with van der Waals surface area (Å²) < 4.78 is 5.36. The van der Waals surface area contributed by atoms with Crippen molar-refractivity contribution in [1.29, 1.82) is 5.26 Å². The van der Waals surface area contributed by atoms with Gasteiger partial charge in [0.05, 0.1) is 30.1 Å². The third kappa shape index (κ3) is 3.28. The third-order valence-electron chi connectivity index (χ3n) is 11.8. The summed E-state index contributed by atoms with van der Waals surface area (Å²) in [6, 6.07) is 2.08. The van der Waals surface area contributed by atoms with Crippen LogP contribution < -0.4 is 0 Å². The van der Waals surface area contributed by atoms with E-state index in [0.717, 1.165) is 50.5 Å². The van der Waals surface area contributed by atoms with E-state index in [-0.39, 0.29) is 64.2 Å². The maximum absolute atomic E-state index is 14.2. The van der Waals surface area contributed by atoms with Gasteiger partial charge in [0.25, 0.3) is 0 Å². The molecule has 3 fully saturated rings. The van der Waals surface area contributed by atoms with E-state index in [2.05, 4.69) is 33.8 Å². The summed E-state index contributed by atoms with van der Waals surface area (Å²) in [5, 5.41) is 20.2. The van der Waals surface area contributed by atoms with Crippen LogP contribution in [0.4, 0.5) is 0 Å². The van der Waals surface area contributed by atoms with Crippen LogP contribution in [0.25, 0.3) is 0 Å². The lowest BCUT2D eigenvalue weighted by Crippen LogP contribution is -2.62.